The Morgan fingerprint density at radius 2 is 1.35 bits per heavy atom. The zero-order valence-corrected chi connectivity index (χ0v) is 18.9. The minimum Gasteiger partial charge on any atom is -0.337 e. The SMILES string of the molecule is C(=C1\C(c2ccccc2)=C2c3cc4ccccc4n3CCN2c2ccccc21)/c1ccccc1. The highest BCUT2D eigenvalue weighted by molar-refractivity contribution is 6.25. The van der Waals surface area contributed by atoms with E-state index in [0.29, 0.717) is 0 Å². The Balaban J connectivity index is 1.61. The summed E-state index contributed by atoms with van der Waals surface area (Å²) in [6.07, 6.45) is 2.35. The van der Waals surface area contributed by atoms with Gasteiger partial charge in [0.05, 0.1) is 11.4 Å². The minimum absolute atomic E-state index is 0.951. The molecule has 0 unspecified atom stereocenters. The van der Waals surface area contributed by atoms with Crippen LogP contribution in [0.2, 0.25) is 0 Å². The van der Waals surface area contributed by atoms with Crippen LogP contribution in [-0.2, 0) is 6.54 Å². The molecule has 0 saturated carbocycles. The van der Waals surface area contributed by atoms with E-state index >= 15 is 0 Å². The lowest BCUT2D eigenvalue weighted by atomic mass is 9.83. The van der Waals surface area contributed by atoms with E-state index in [1.54, 1.807) is 0 Å². The lowest BCUT2D eigenvalue weighted by molar-refractivity contribution is 0.681. The highest BCUT2D eigenvalue weighted by Crippen LogP contribution is 2.50. The van der Waals surface area contributed by atoms with Crippen molar-refractivity contribution in [3.05, 3.63) is 138 Å². The van der Waals surface area contributed by atoms with E-state index in [-0.39, 0.29) is 0 Å². The van der Waals surface area contributed by atoms with Gasteiger partial charge in [-0.05, 0) is 41.0 Å². The molecule has 0 spiro atoms. The molecule has 2 aliphatic rings. The summed E-state index contributed by atoms with van der Waals surface area (Å²) in [7, 11) is 0. The van der Waals surface area contributed by atoms with Gasteiger partial charge in [0.1, 0.15) is 0 Å². The monoisotopic (exact) mass is 436 g/mol. The van der Waals surface area contributed by atoms with Crippen LogP contribution < -0.4 is 4.90 Å². The average molecular weight is 437 g/mol. The standard InChI is InChI=1S/C32H24N2/c1-3-11-23(12-4-1)21-27-26-16-8-10-18-29(26)34-20-19-33-28-17-9-7-15-25(28)22-30(33)32(34)31(27)24-13-5-2-6-14-24/h1-18,21-22H,19-20H2/b27-21+. The van der Waals surface area contributed by atoms with Crippen LogP contribution in [0, 0.1) is 0 Å². The molecule has 0 saturated heterocycles. The Kier molecular flexibility index (Phi) is 4.31. The second-order valence-corrected chi connectivity index (χ2v) is 8.97. The van der Waals surface area contributed by atoms with Gasteiger partial charge >= 0.3 is 0 Å². The first kappa shape index (κ1) is 19.2. The first-order valence-electron chi connectivity index (χ1n) is 11.9. The summed E-state index contributed by atoms with van der Waals surface area (Å²) in [6.45, 7) is 1.92. The number of benzene rings is 4. The summed E-state index contributed by atoms with van der Waals surface area (Å²) in [4.78, 5) is 2.54. The van der Waals surface area contributed by atoms with Crippen LogP contribution in [0.15, 0.2) is 115 Å². The van der Waals surface area contributed by atoms with Crippen LogP contribution in [0.5, 0.6) is 0 Å². The Labute approximate surface area is 199 Å². The summed E-state index contributed by atoms with van der Waals surface area (Å²) in [6, 6.07) is 41.5. The second-order valence-electron chi connectivity index (χ2n) is 8.97. The zero-order valence-electron chi connectivity index (χ0n) is 18.9. The predicted octanol–water partition coefficient (Wildman–Crippen LogP) is 7.58. The van der Waals surface area contributed by atoms with E-state index in [2.05, 4.69) is 131 Å². The molecule has 162 valence electrons. The Morgan fingerprint density at radius 1 is 0.647 bits per heavy atom. The molecule has 0 fully saturated rings. The van der Waals surface area contributed by atoms with E-state index in [1.807, 2.05) is 0 Å². The van der Waals surface area contributed by atoms with Crippen molar-refractivity contribution in [1.29, 1.82) is 0 Å². The average Bonchev–Trinajstić information content (AvgIpc) is 3.29. The molecule has 3 heterocycles. The maximum Gasteiger partial charge on any atom is 0.0739 e. The third-order valence-corrected chi connectivity index (χ3v) is 7.03. The summed E-state index contributed by atoms with van der Waals surface area (Å²) >= 11 is 0. The lowest BCUT2D eigenvalue weighted by Crippen LogP contribution is -2.35. The number of hydrogen-bond donors (Lipinski definition) is 0. The molecule has 2 heteroatoms. The van der Waals surface area contributed by atoms with Gasteiger partial charge in [-0.15, -0.1) is 0 Å². The maximum atomic E-state index is 2.54. The predicted molar refractivity (Wildman–Crippen MR) is 143 cm³/mol. The Hall–Kier alpha value is -4.30. The molecular weight excluding hydrogens is 412 g/mol. The van der Waals surface area contributed by atoms with E-state index in [1.165, 1.54) is 55.8 Å². The molecule has 0 aliphatic carbocycles. The molecular formula is C32H24N2. The molecule has 5 aromatic rings. The van der Waals surface area contributed by atoms with Crippen LogP contribution in [0.4, 0.5) is 5.69 Å². The van der Waals surface area contributed by atoms with Crippen LogP contribution in [0.1, 0.15) is 22.4 Å². The largest absolute Gasteiger partial charge is 0.337 e. The fraction of sp³-hybridized carbons (Fsp3) is 0.0625. The summed E-state index contributed by atoms with van der Waals surface area (Å²) in [5, 5.41) is 1.30. The first-order valence-corrected chi connectivity index (χ1v) is 11.9. The number of allylic oxidation sites excluding steroid dienone is 2. The van der Waals surface area contributed by atoms with E-state index in [9.17, 15) is 0 Å². The van der Waals surface area contributed by atoms with Crippen molar-refractivity contribution < 1.29 is 0 Å². The molecule has 2 aliphatic heterocycles. The van der Waals surface area contributed by atoms with Crippen molar-refractivity contribution in [2.24, 2.45) is 0 Å². The smallest absolute Gasteiger partial charge is 0.0739 e. The van der Waals surface area contributed by atoms with Gasteiger partial charge in [-0.2, -0.15) is 0 Å². The van der Waals surface area contributed by atoms with E-state index < -0.39 is 0 Å². The molecule has 34 heavy (non-hydrogen) atoms. The zero-order chi connectivity index (χ0) is 22.5. The molecule has 0 radical (unpaired) electrons. The van der Waals surface area contributed by atoms with E-state index in [4.69, 9.17) is 0 Å². The van der Waals surface area contributed by atoms with Crippen molar-refractivity contribution >= 4 is 39.5 Å². The van der Waals surface area contributed by atoms with Gasteiger partial charge in [-0.3, -0.25) is 0 Å². The maximum absolute atomic E-state index is 2.54. The highest BCUT2D eigenvalue weighted by Gasteiger charge is 2.34. The number of anilines is 1. The van der Waals surface area contributed by atoms with Gasteiger partial charge in [-0.1, -0.05) is 97.1 Å². The molecule has 2 nitrogen and oxygen atoms in total. The Morgan fingerprint density at radius 3 is 2.21 bits per heavy atom. The topological polar surface area (TPSA) is 8.17 Å². The Bertz CT molecular complexity index is 1590. The number of nitrogens with zero attached hydrogens (tertiary/aromatic N) is 2. The van der Waals surface area contributed by atoms with Gasteiger partial charge in [0.25, 0.3) is 0 Å². The highest BCUT2D eigenvalue weighted by atomic mass is 15.2. The van der Waals surface area contributed by atoms with Crippen molar-refractivity contribution in [2.45, 2.75) is 6.54 Å². The molecule has 1 aromatic heterocycles. The third-order valence-electron chi connectivity index (χ3n) is 7.03. The molecule has 0 bridgehead atoms. The third kappa shape index (κ3) is 2.89. The molecule has 0 amide bonds. The van der Waals surface area contributed by atoms with Crippen molar-refractivity contribution in [3.8, 4) is 0 Å². The van der Waals surface area contributed by atoms with Gasteiger partial charge in [0, 0.05) is 40.8 Å². The van der Waals surface area contributed by atoms with Crippen molar-refractivity contribution in [1.82, 2.24) is 4.57 Å². The first-order chi connectivity index (χ1) is 16.9. The molecule has 0 atom stereocenters. The van der Waals surface area contributed by atoms with Gasteiger partial charge in [-0.25, -0.2) is 0 Å². The summed E-state index contributed by atoms with van der Waals surface area (Å²) in [5.41, 5.74) is 11.5. The van der Waals surface area contributed by atoms with E-state index in [0.717, 1.165) is 13.1 Å². The van der Waals surface area contributed by atoms with Crippen molar-refractivity contribution in [2.75, 3.05) is 11.4 Å². The normalized spacial score (nSPS) is 15.9. The molecule has 0 N–H and O–H groups in total. The molecule has 4 aromatic carbocycles. The number of fused-ring (bicyclic) bond motifs is 7. The quantitative estimate of drug-likeness (QED) is 0.277. The number of hydrogen-bond acceptors (Lipinski definition) is 1. The number of aromatic nitrogens is 1. The lowest BCUT2D eigenvalue weighted by Gasteiger charge is -2.40. The van der Waals surface area contributed by atoms with Crippen LogP contribution in [-0.4, -0.2) is 11.1 Å². The number of rotatable bonds is 2. The fourth-order valence-electron chi connectivity index (χ4n) is 5.56. The van der Waals surface area contributed by atoms with Gasteiger partial charge in [0.15, 0.2) is 0 Å². The van der Waals surface area contributed by atoms with Crippen molar-refractivity contribution in [3.63, 3.8) is 0 Å². The van der Waals surface area contributed by atoms with Crippen LogP contribution in [0.3, 0.4) is 0 Å². The van der Waals surface area contributed by atoms with Gasteiger partial charge in [0.2, 0.25) is 0 Å². The van der Waals surface area contributed by atoms with Crippen LogP contribution in [0.25, 0.3) is 33.8 Å². The van der Waals surface area contributed by atoms with Crippen LogP contribution >= 0.6 is 0 Å². The summed E-state index contributed by atoms with van der Waals surface area (Å²) < 4.78 is 2.50. The summed E-state index contributed by atoms with van der Waals surface area (Å²) in [5.74, 6) is 0. The second kappa shape index (κ2) is 7.64. The van der Waals surface area contributed by atoms with Gasteiger partial charge < -0.3 is 9.47 Å². The fourth-order valence-corrected chi connectivity index (χ4v) is 5.56. The minimum atomic E-state index is 0.951. The molecule has 7 rings (SSSR count). The number of para-hydroxylation sites is 2.